The summed E-state index contributed by atoms with van der Waals surface area (Å²) in [6.45, 7) is 36.7. The minimum absolute atomic E-state index is 0.0189. The van der Waals surface area contributed by atoms with Gasteiger partial charge in [0.05, 0.1) is 6.16 Å². The Morgan fingerprint density at radius 3 is 1.00 bits per heavy atom. The third-order valence-corrected chi connectivity index (χ3v) is 12.0. The summed E-state index contributed by atoms with van der Waals surface area (Å²) in [4.78, 5) is 16.6. The van der Waals surface area contributed by atoms with Gasteiger partial charge in [-0.1, -0.05) is 135 Å². The lowest BCUT2D eigenvalue weighted by Gasteiger charge is -2.35. The molecule has 4 heteroatoms. The summed E-state index contributed by atoms with van der Waals surface area (Å²) in [5, 5.41) is 1.91. The molecule has 0 saturated carbocycles. The van der Waals surface area contributed by atoms with Crippen molar-refractivity contribution in [1.29, 1.82) is 0 Å². The fraction of sp³-hybridized carbons (Fsp3) is 0.675. The predicted octanol–water partition coefficient (Wildman–Crippen LogP) is 10.9. The second-order valence-electron chi connectivity index (χ2n) is 16.0. The Morgan fingerprint density at radius 1 is 0.523 bits per heavy atom. The lowest BCUT2D eigenvalue weighted by molar-refractivity contribution is -0.129. The summed E-state index contributed by atoms with van der Waals surface area (Å²) in [5.41, 5.74) is 7.15. The van der Waals surface area contributed by atoms with Gasteiger partial charge in [-0.15, -0.1) is 0 Å². The fourth-order valence-electron chi connectivity index (χ4n) is 6.39. The zero-order valence-electron chi connectivity index (χ0n) is 31.3. The summed E-state index contributed by atoms with van der Waals surface area (Å²) in [7, 11) is -3.48. The monoisotopic (exact) mass is 623 g/mol. The molecule has 44 heavy (non-hydrogen) atoms. The van der Waals surface area contributed by atoms with Gasteiger partial charge in [-0.2, -0.15) is 0 Å². The lowest BCUT2D eigenvalue weighted by Crippen LogP contribution is -2.41. The first kappa shape index (κ1) is 38.3. The number of hydrogen-bond donors (Lipinski definition) is 0. The van der Waals surface area contributed by atoms with Crippen molar-refractivity contribution >= 4 is 23.7 Å². The first-order chi connectivity index (χ1) is 20.2. The van der Waals surface area contributed by atoms with Gasteiger partial charge in [0.25, 0.3) is 0 Å². The molecule has 2 rings (SSSR count). The first-order valence-electron chi connectivity index (χ1n) is 17.5. The van der Waals surface area contributed by atoms with Crippen LogP contribution in [0.3, 0.4) is 0 Å². The molecule has 1 amide bonds. The van der Waals surface area contributed by atoms with Crippen LogP contribution in [0, 0.1) is 11.8 Å². The second kappa shape index (κ2) is 15.6. The van der Waals surface area contributed by atoms with Gasteiger partial charge in [0.1, 0.15) is 0 Å². The SMILES string of the molecule is CC(C)CN(CC(C)C)C(=O)CP(=O)(c1c(C(C)C)cc(C(C)C)cc1C(C)C)c1c(C(C)C)cc(C(C)C)cc1C(C)C. The molecule has 0 fully saturated rings. The third-order valence-electron chi connectivity index (χ3n) is 8.81. The molecule has 0 unspecified atom stereocenters. The molecule has 0 saturated heterocycles. The predicted molar refractivity (Wildman–Crippen MR) is 195 cm³/mol. The maximum absolute atomic E-state index is 16.7. The van der Waals surface area contributed by atoms with Gasteiger partial charge < -0.3 is 9.46 Å². The summed E-state index contributed by atoms with van der Waals surface area (Å²) in [6.07, 6.45) is 0.0351. The van der Waals surface area contributed by atoms with E-state index in [-0.39, 0.29) is 35.7 Å². The molecule has 0 bridgehead atoms. The molecule has 0 radical (unpaired) electrons. The van der Waals surface area contributed by atoms with E-state index in [4.69, 9.17) is 0 Å². The molecule has 2 aromatic carbocycles. The maximum Gasteiger partial charge on any atom is 0.230 e. The topological polar surface area (TPSA) is 37.4 Å². The summed E-state index contributed by atoms with van der Waals surface area (Å²) in [5.74, 6) is 2.10. The molecular weight excluding hydrogens is 557 g/mol. The molecule has 248 valence electrons. The number of amides is 1. The van der Waals surface area contributed by atoms with Crippen molar-refractivity contribution in [2.45, 2.75) is 146 Å². The zero-order valence-corrected chi connectivity index (χ0v) is 32.2. The zero-order chi connectivity index (χ0) is 33.8. The van der Waals surface area contributed by atoms with Gasteiger partial charge in [-0.05, 0) is 80.7 Å². The van der Waals surface area contributed by atoms with Crippen molar-refractivity contribution in [2.75, 3.05) is 19.3 Å². The molecule has 2 aromatic rings. The number of carbonyl (C=O) groups excluding carboxylic acids is 1. The molecule has 0 aliphatic carbocycles. The minimum atomic E-state index is -3.48. The van der Waals surface area contributed by atoms with Crippen LogP contribution in [-0.2, 0) is 9.36 Å². The highest BCUT2D eigenvalue weighted by atomic mass is 31.2. The van der Waals surface area contributed by atoms with E-state index in [2.05, 4.69) is 135 Å². The first-order valence-corrected chi connectivity index (χ1v) is 19.3. The van der Waals surface area contributed by atoms with E-state index in [9.17, 15) is 4.79 Å². The van der Waals surface area contributed by atoms with Crippen molar-refractivity contribution in [2.24, 2.45) is 11.8 Å². The Labute approximate surface area is 272 Å². The molecule has 0 aromatic heterocycles. The van der Waals surface area contributed by atoms with E-state index in [1.807, 2.05) is 4.90 Å². The van der Waals surface area contributed by atoms with Crippen LogP contribution in [0.1, 0.15) is 180 Å². The highest BCUT2D eigenvalue weighted by Crippen LogP contribution is 2.52. The molecule has 3 nitrogen and oxygen atoms in total. The Balaban J connectivity index is 3.24. The minimum Gasteiger partial charge on any atom is -0.342 e. The van der Waals surface area contributed by atoms with Gasteiger partial charge in [0.2, 0.25) is 5.91 Å². The summed E-state index contributed by atoms with van der Waals surface area (Å²) in [6, 6.07) is 9.22. The average molecular weight is 624 g/mol. The molecule has 0 heterocycles. The van der Waals surface area contributed by atoms with Crippen LogP contribution < -0.4 is 10.6 Å². The van der Waals surface area contributed by atoms with Crippen LogP contribution in [0.25, 0.3) is 0 Å². The van der Waals surface area contributed by atoms with Crippen LogP contribution in [0.15, 0.2) is 24.3 Å². The largest absolute Gasteiger partial charge is 0.342 e. The molecule has 0 atom stereocenters. The van der Waals surface area contributed by atoms with E-state index < -0.39 is 7.14 Å². The number of nitrogens with zero attached hydrogens (tertiary/aromatic N) is 1. The lowest BCUT2D eigenvalue weighted by atomic mass is 9.89. The van der Waals surface area contributed by atoms with Crippen molar-refractivity contribution in [3.8, 4) is 0 Å². The van der Waals surface area contributed by atoms with Gasteiger partial charge in [-0.25, -0.2) is 0 Å². The van der Waals surface area contributed by atoms with E-state index >= 15 is 4.57 Å². The molecule has 0 N–H and O–H groups in total. The number of rotatable bonds is 14. The van der Waals surface area contributed by atoms with Crippen LogP contribution in [0.4, 0.5) is 0 Å². The average Bonchev–Trinajstić information content (AvgIpc) is 2.90. The van der Waals surface area contributed by atoms with E-state index in [1.165, 1.54) is 11.1 Å². The van der Waals surface area contributed by atoms with E-state index in [1.54, 1.807) is 0 Å². The van der Waals surface area contributed by atoms with Crippen LogP contribution in [-0.4, -0.2) is 30.1 Å². The van der Waals surface area contributed by atoms with Crippen molar-refractivity contribution in [3.63, 3.8) is 0 Å². The summed E-state index contributed by atoms with van der Waals surface area (Å²) >= 11 is 0. The molecule has 0 aliphatic heterocycles. The Morgan fingerprint density at radius 2 is 0.795 bits per heavy atom. The number of benzene rings is 2. The highest BCUT2D eigenvalue weighted by Gasteiger charge is 2.41. The van der Waals surface area contributed by atoms with Gasteiger partial charge in [0, 0.05) is 23.7 Å². The smallest absolute Gasteiger partial charge is 0.230 e. The van der Waals surface area contributed by atoms with Crippen LogP contribution in [0.2, 0.25) is 0 Å². The van der Waals surface area contributed by atoms with Crippen molar-refractivity contribution < 1.29 is 9.36 Å². The van der Waals surface area contributed by atoms with Crippen molar-refractivity contribution in [3.05, 3.63) is 57.6 Å². The van der Waals surface area contributed by atoms with Gasteiger partial charge >= 0.3 is 0 Å². The standard InChI is InChI=1S/C40H66NO2P/c1-24(2)21-41(22-25(3)4)38(42)23-44(43,39-34(28(9)10)17-32(26(5)6)18-35(39)29(11)12)40-36(30(13)14)19-33(27(7)8)20-37(40)31(15)16/h17-20,24-31H,21-23H2,1-16H3. The van der Waals surface area contributed by atoms with Crippen LogP contribution >= 0.6 is 7.14 Å². The number of carbonyl (C=O) groups is 1. The molecule has 0 spiro atoms. The Hall–Kier alpha value is -1.86. The number of hydrogen-bond acceptors (Lipinski definition) is 2. The second-order valence-corrected chi connectivity index (χ2v) is 18.7. The van der Waals surface area contributed by atoms with Gasteiger partial charge in [-0.3, -0.25) is 4.79 Å². The summed E-state index contributed by atoms with van der Waals surface area (Å²) < 4.78 is 16.7. The Bertz CT molecular complexity index is 1170. The molecular formula is C40H66NO2P. The fourth-order valence-corrected chi connectivity index (χ4v) is 10.5. The van der Waals surface area contributed by atoms with Crippen molar-refractivity contribution in [1.82, 2.24) is 4.90 Å². The van der Waals surface area contributed by atoms with E-state index in [0.29, 0.717) is 36.8 Å². The van der Waals surface area contributed by atoms with Gasteiger partial charge in [0.15, 0.2) is 7.14 Å². The highest BCUT2D eigenvalue weighted by molar-refractivity contribution is 7.79. The normalized spacial score (nSPS) is 12.8. The maximum atomic E-state index is 16.7. The van der Waals surface area contributed by atoms with E-state index in [0.717, 1.165) is 32.9 Å². The Kier molecular flexibility index (Phi) is 13.6. The van der Waals surface area contributed by atoms with Crippen LogP contribution in [0.5, 0.6) is 0 Å². The quantitative estimate of drug-likeness (QED) is 0.196. The molecule has 0 aliphatic rings. The third kappa shape index (κ3) is 8.90.